The SMILES string of the molecule is CC(C)N(C)CC1CCN(C(=O)CN(C)Cc2ccccc2)CC1. The highest BCUT2D eigenvalue weighted by Gasteiger charge is 2.24. The van der Waals surface area contributed by atoms with Crippen molar-refractivity contribution < 1.29 is 4.79 Å². The van der Waals surface area contributed by atoms with Gasteiger partial charge in [-0.2, -0.15) is 0 Å². The Morgan fingerprint density at radius 2 is 1.79 bits per heavy atom. The van der Waals surface area contributed by atoms with Gasteiger partial charge in [0.1, 0.15) is 0 Å². The molecule has 1 aromatic carbocycles. The van der Waals surface area contributed by atoms with Crippen molar-refractivity contribution in [2.75, 3.05) is 40.3 Å². The topological polar surface area (TPSA) is 26.8 Å². The average molecular weight is 332 g/mol. The van der Waals surface area contributed by atoms with E-state index in [1.54, 1.807) is 0 Å². The van der Waals surface area contributed by atoms with Gasteiger partial charge >= 0.3 is 0 Å². The van der Waals surface area contributed by atoms with Gasteiger partial charge < -0.3 is 9.80 Å². The summed E-state index contributed by atoms with van der Waals surface area (Å²) in [5.74, 6) is 0.993. The second-order valence-electron chi connectivity index (χ2n) is 7.52. The normalized spacial score (nSPS) is 16.4. The quantitative estimate of drug-likeness (QED) is 0.768. The lowest BCUT2D eigenvalue weighted by Gasteiger charge is -2.35. The van der Waals surface area contributed by atoms with E-state index < -0.39 is 0 Å². The number of nitrogens with zero attached hydrogens (tertiary/aromatic N) is 3. The highest BCUT2D eigenvalue weighted by atomic mass is 16.2. The van der Waals surface area contributed by atoms with Crippen LogP contribution < -0.4 is 0 Å². The molecule has 0 aliphatic carbocycles. The van der Waals surface area contributed by atoms with E-state index in [0.717, 1.165) is 44.9 Å². The van der Waals surface area contributed by atoms with Crippen LogP contribution in [0.25, 0.3) is 0 Å². The molecule has 0 aromatic heterocycles. The van der Waals surface area contributed by atoms with E-state index >= 15 is 0 Å². The average Bonchev–Trinajstić information content (AvgIpc) is 2.56. The summed E-state index contributed by atoms with van der Waals surface area (Å²) in [6, 6.07) is 10.9. The Balaban J connectivity index is 1.72. The zero-order chi connectivity index (χ0) is 17.5. The molecular formula is C20H33N3O. The Bertz CT molecular complexity index is 495. The Labute approximate surface area is 147 Å². The van der Waals surface area contributed by atoms with Crippen LogP contribution in [0.5, 0.6) is 0 Å². The minimum atomic E-state index is 0.268. The number of hydrogen-bond acceptors (Lipinski definition) is 3. The highest BCUT2D eigenvalue weighted by molar-refractivity contribution is 5.78. The summed E-state index contributed by atoms with van der Waals surface area (Å²) < 4.78 is 0. The van der Waals surface area contributed by atoms with Crippen molar-refractivity contribution in [3.8, 4) is 0 Å². The first kappa shape index (κ1) is 18.9. The molecule has 1 fully saturated rings. The molecule has 1 aliphatic rings. The second kappa shape index (κ2) is 9.19. The first-order chi connectivity index (χ1) is 11.5. The van der Waals surface area contributed by atoms with Crippen molar-refractivity contribution in [1.82, 2.24) is 14.7 Å². The maximum absolute atomic E-state index is 12.5. The third-order valence-electron chi connectivity index (χ3n) is 5.10. The molecule has 0 bridgehead atoms. The molecule has 0 spiro atoms. The predicted molar refractivity (Wildman–Crippen MR) is 99.8 cm³/mol. The van der Waals surface area contributed by atoms with Crippen molar-refractivity contribution in [3.63, 3.8) is 0 Å². The minimum absolute atomic E-state index is 0.268. The minimum Gasteiger partial charge on any atom is -0.342 e. The van der Waals surface area contributed by atoms with Crippen molar-refractivity contribution in [3.05, 3.63) is 35.9 Å². The van der Waals surface area contributed by atoms with Gasteiger partial charge in [-0.1, -0.05) is 30.3 Å². The standard InChI is InChI=1S/C20H33N3O/c1-17(2)22(4)15-19-10-12-23(13-11-19)20(24)16-21(3)14-18-8-6-5-7-9-18/h5-9,17,19H,10-16H2,1-4H3. The molecule has 0 atom stereocenters. The summed E-state index contributed by atoms with van der Waals surface area (Å²) in [5.41, 5.74) is 1.25. The number of carbonyl (C=O) groups is 1. The highest BCUT2D eigenvalue weighted by Crippen LogP contribution is 2.19. The number of piperidine rings is 1. The van der Waals surface area contributed by atoms with Crippen LogP contribution in [-0.2, 0) is 11.3 Å². The maximum atomic E-state index is 12.5. The van der Waals surface area contributed by atoms with E-state index in [9.17, 15) is 4.79 Å². The molecular weight excluding hydrogens is 298 g/mol. The van der Waals surface area contributed by atoms with E-state index in [1.807, 2.05) is 30.1 Å². The van der Waals surface area contributed by atoms with Gasteiger partial charge in [0.2, 0.25) is 5.91 Å². The number of amides is 1. The summed E-state index contributed by atoms with van der Waals surface area (Å²) in [6.07, 6.45) is 2.26. The fourth-order valence-electron chi connectivity index (χ4n) is 3.26. The van der Waals surface area contributed by atoms with Crippen LogP contribution in [0.15, 0.2) is 30.3 Å². The van der Waals surface area contributed by atoms with Gasteiger partial charge in [0.05, 0.1) is 6.54 Å². The number of hydrogen-bond donors (Lipinski definition) is 0. The van der Waals surface area contributed by atoms with E-state index in [4.69, 9.17) is 0 Å². The van der Waals surface area contributed by atoms with Crippen molar-refractivity contribution >= 4 is 5.91 Å². The van der Waals surface area contributed by atoms with Crippen LogP contribution in [0.1, 0.15) is 32.3 Å². The fourth-order valence-corrected chi connectivity index (χ4v) is 3.26. The Hall–Kier alpha value is -1.39. The van der Waals surface area contributed by atoms with Crippen LogP contribution in [0, 0.1) is 5.92 Å². The molecule has 0 N–H and O–H groups in total. The van der Waals surface area contributed by atoms with E-state index in [-0.39, 0.29) is 5.91 Å². The number of likely N-dealkylation sites (N-methyl/N-ethyl adjacent to an activating group) is 1. The van der Waals surface area contributed by atoms with Gasteiger partial charge in [0.25, 0.3) is 0 Å². The van der Waals surface area contributed by atoms with Crippen molar-refractivity contribution in [2.45, 2.75) is 39.3 Å². The smallest absolute Gasteiger partial charge is 0.236 e. The van der Waals surface area contributed by atoms with Gasteiger partial charge in [0, 0.05) is 32.2 Å². The molecule has 2 rings (SSSR count). The maximum Gasteiger partial charge on any atom is 0.236 e. The largest absolute Gasteiger partial charge is 0.342 e. The number of rotatable bonds is 7. The first-order valence-corrected chi connectivity index (χ1v) is 9.16. The lowest BCUT2D eigenvalue weighted by Crippen LogP contribution is -2.45. The molecule has 4 nitrogen and oxygen atoms in total. The number of benzene rings is 1. The van der Waals surface area contributed by atoms with Crippen LogP contribution in [0.2, 0.25) is 0 Å². The van der Waals surface area contributed by atoms with Crippen LogP contribution in [0.4, 0.5) is 0 Å². The molecule has 1 amide bonds. The summed E-state index contributed by atoms with van der Waals surface area (Å²) in [6.45, 7) is 8.77. The van der Waals surface area contributed by atoms with Crippen LogP contribution in [-0.4, -0.2) is 66.9 Å². The zero-order valence-corrected chi connectivity index (χ0v) is 15.7. The van der Waals surface area contributed by atoms with Gasteiger partial charge in [0.15, 0.2) is 0 Å². The van der Waals surface area contributed by atoms with E-state index in [2.05, 4.69) is 42.8 Å². The molecule has 1 heterocycles. The van der Waals surface area contributed by atoms with Gasteiger partial charge in [-0.25, -0.2) is 0 Å². The molecule has 24 heavy (non-hydrogen) atoms. The monoisotopic (exact) mass is 331 g/mol. The molecule has 134 valence electrons. The number of carbonyl (C=O) groups excluding carboxylic acids is 1. The van der Waals surface area contributed by atoms with Gasteiger partial charge in [-0.05, 0) is 52.3 Å². The summed E-state index contributed by atoms with van der Waals surface area (Å²) >= 11 is 0. The molecule has 1 saturated heterocycles. The Morgan fingerprint density at radius 3 is 2.38 bits per heavy atom. The van der Waals surface area contributed by atoms with Gasteiger partial charge in [-0.3, -0.25) is 9.69 Å². The molecule has 0 radical (unpaired) electrons. The molecule has 4 heteroatoms. The predicted octanol–water partition coefficient (Wildman–Crippen LogP) is 2.70. The molecule has 0 unspecified atom stereocenters. The molecule has 1 aliphatic heterocycles. The third kappa shape index (κ3) is 5.91. The van der Waals surface area contributed by atoms with E-state index in [0.29, 0.717) is 12.6 Å². The summed E-state index contributed by atoms with van der Waals surface area (Å²) in [4.78, 5) is 19.1. The van der Waals surface area contributed by atoms with Gasteiger partial charge in [-0.15, -0.1) is 0 Å². The zero-order valence-electron chi connectivity index (χ0n) is 15.7. The number of likely N-dealkylation sites (tertiary alicyclic amines) is 1. The Morgan fingerprint density at radius 1 is 1.17 bits per heavy atom. The second-order valence-corrected chi connectivity index (χ2v) is 7.52. The Kier molecular flexibility index (Phi) is 7.25. The van der Waals surface area contributed by atoms with E-state index in [1.165, 1.54) is 5.56 Å². The first-order valence-electron chi connectivity index (χ1n) is 9.16. The third-order valence-corrected chi connectivity index (χ3v) is 5.10. The fraction of sp³-hybridized carbons (Fsp3) is 0.650. The van der Waals surface area contributed by atoms with Crippen molar-refractivity contribution in [2.24, 2.45) is 5.92 Å². The summed E-state index contributed by atoms with van der Waals surface area (Å²) in [5, 5.41) is 0. The van der Waals surface area contributed by atoms with Crippen molar-refractivity contribution in [1.29, 1.82) is 0 Å². The lowest BCUT2D eigenvalue weighted by molar-refractivity contribution is -0.133. The molecule has 0 saturated carbocycles. The lowest BCUT2D eigenvalue weighted by atomic mass is 9.96. The molecule has 1 aromatic rings. The summed E-state index contributed by atoms with van der Waals surface area (Å²) in [7, 11) is 4.22. The van der Waals surface area contributed by atoms with Crippen LogP contribution in [0.3, 0.4) is 0 Å². The van der Waals surface area contributed by atoms with Crippen LogP contribution >= 0.6 is 0 Å².